The van der Waals surface area contributed by atoms with Gasteiger partial charge in [-0.3, -0.25) is 10.1 Å². The van der Waals surface area contributed by atoms with Gasteiger partial charge in [-0.15, -0.1) is 11.3 Å². The zero-order valence-corrected chi connectivity index (χ0v) is 16.2. The van der Waals surface area contributed by atoms with Crippen molar-refractivity contribution in [2.75, 3.05) is 19.5 Å². The van der Waals surface area contributed by atoms with Crippen LogP contribution in [0.1, 0.15) is 34.3 Å². The van der Waals surface area contributed by atoms with E-state index in [1.807, 2.05) is 0 Å². The van der Waals surface area contributed by atoms with Crippen LogP contribution in [0, 0.1) is 5.92 Å². The van der Waals surface area contributed by atoms with Gasteiger partial charge in [-0.2, -0.15) is 0 Å². The van der Waals surface area contributed by atoms with Crippen LogP contribution in [0.25, 0.3) is 0 Å². The molecule has 0 spiro atoms. The normalized spacial score (nSPS) is 16.4. The highest BCUT2D eigenvalue weighted by Gasteiger charge is 2.21. The average Bonchev–Trinajstić information content (AvgIpc) is 2.96. The van der Waals surface area contributed by atoms with Crippen molar-refractivity contribution in [1.82, 2.24) is 4.98 Å². The molecule has 1 amide bonds. The SMILES string of the molecule is COc1cc(C(=O)Nc2nc3c(s2)CC(C)CC3)cc(OC)c1Br. The van der Waals surface area contributed by atoms with E-state index in [0.717, 1.165) is 25.0 Å². The zero-order valence-electron chi connectivity index (χ0n) is 13.8. The standard InChI is InChI=1S/C17H19BrN2O3S/c1-9-4-5-11-14(6-9)24-17(19-11)20-16(21)10-7-12(22-2)15(18)13(8-10)23-3/h7-9H,4-6H2,1-3H3,(H,19,20,21). The van der Waals surface area contributed by atoms with E-state index in [0.29, 0.717) is 32.6 Å². The van der Waals surface area contributed by atoms with Gasteiger partial charge in [0.25, 0.3) is 5.91 Å². The molecule has 5 nitrogen and oxygen atoms in total. The van der Waals surface area contributed by atoms with Crippen LogP contribution in [0.4, 0.5) is 5.13 Å². The van der Waals surface area contributed by atoms with Crippen molar-refractivity contribution in [2.24, 2.45) is 5.92 Å². The Kier molecular flexibility index (Phi) is 5.10. The molecule has 1 heterocycles. The fraction of sp³-hybridized carbons (Fsp3) is 0.412. The minimum absolute atomic E-state index is 0.224. The summed E-state index contributed by atoms with van der Waals surface area (Å²) in [6, 6.07) is 3.36. The lowest BCUT2D eigenvalue weighted by Gasteiger charge is -2.15. The van der Waals surface area contributed by atoms with Gasteiger partial charge in [-0.05, 0) is 53.2 Å². The number of ether oxygens (including phenoxy) is 2. The number of hydrogen-bond donors (Lipinski definition) is 1. The van der Waals surface area contributed by atoms with Gasteiger partial charge in [-0.25, -0.2) is 4.98 Å². The predicted octanol–water partition coefficient (Wildman–Crippen LogP) is 4.30. The molecule has 0 aliphatic heterocycles. The molecule has 0 radical (unpaired) electrons. The van der Waals surface area contributed by atoms with Crippen molar-refractivity contribution in [2.45, 2.75) is 26.2 Å². The Balaban J connectivity index is 1.83. The van der Waals surface area contributed by atoms with Crippen LogP contribution >= 0.6 is 27.3 Å². The largest absolute Gasteiger partial charge is 0.495 e. The van der Waals surface area contributed by atoms with E-state index in [-0.39, 0.29) is 5.91 Å². The molecule has 1 unspecified atom stereocenters. The number of aromatic nitrogens is 1. The third kappa shape index (κ3) is 3.42. The summed E-state index contributed by atoms with van der Waals surface area (Å²) in [5.41, 5.74) is 1.59. The molecule has 1 N–H and O–H groups in total. The number of carbonyl (C=O) groups is 1. The molecule has 24 heavy (non-hydrogen) atoms. The molecule has 1 aromatic heterocycles. The molecule has 2 aromatic rings. The fourth-order valence-electron chi connectivity index (χ4n) is 2.76. The van der Waals surface area contributed by atoms with Crippen LogP contribution in [0.2, 0.25) is 0 Å². The molecule has 0 saturated carbocycles. The topological polar surface area (TPSA) is 60.5 Å². The molecular weight excluding hydrogens is 392 g/mol. The highest BCUT2D eigenvalue weighted by atomic mass is 79.9. The summed E-state index contributed by atoms with van der Waals surface area (Å²) in [7, 11) is 3.11. The van der Waals surface area contributed by atoms with E-state index in [2.05, 4.69) is 33.2 Å². The molecule has 7 heteroatoms. The number of nitrogens with zero attached hydrogens (tertiary/aromatic N) is 1. The highest BCUT2D eigenvalue weighted by molar-refractivity contribution is 9.10. The van der Waals surface area contributed by atoms with Crippen LogP contribution in [-0.2, 0) is 12.8 Å². The van der Waals surface area contributed by atoms with E-state index in [4.69, 9.17) is 9.47 Å². The first-order valence-corrected chi connectivity index (χ1v) is 9.34. The van der Waals surface area contributed by atoms with Crippen molar-refractivity contribution in [1.29, 1.82) is 0 Å². The summed E-state index contributed by atoms with van der Waals surface area (Å²) in [6.07, 6.45) is 3.19. The summed E-state index contributed by atoms with van der Waals surface area (Å²) >= 11 is 4.97. The van der Waals surface area contributed by atoms with Gasteiger partial charge in [0.2, 0.25) is 0 Å². The maximum Gasteiger partial charge on any atom is 0.257 e. The number of halogens is 1. The molecule has 128 valence electrons. The maximum absolute atomic E-state index is 12.6. The molecule has 1 atom stereocenters. The van der Waals surface area contributed by atoms with Crippen molar-refractivity contribution < 1.29 is 14.3 Å². The Labute approximate surface area is 153 Å². The maximum atomic E-state index is 12.6. The predicted molar refractivity (Wildman–Crippen MR) is 98.5 cm³/mol. The van der Waals surface area contributed by atoms with Crippen LogP contribution in [0.5, 0.6) is 11.5 Å². The molecule has 1 aromatic carbocycles. The quantitative estimate of drug-likeness (QED) is 0.815. The first-order valence-electron chi connectivity index (χ1n) is 7.73. The summed E-state index contributed by atoms with van der Waals surface area (Å²) in [6.45, 7) is 2.25. The number of rotatable bonds is 4. The van der Waals surface area contributed by atoms with Gasteiger partial charge in [0, 0.05) is 10.4 Å². The Morgan fingerprint density at radius 2 is 2.00 bits per heavy atom. The smallest absolute Gasteiger partial charge is 0.257 e. The lowest BCUT2D eigenvalue weighted by molar-refractivity contribution is 0.102. The first kappa shape index (κ1) is 17.2. The van der Waals surface area contributed by atoms with E-state index in [1.165, 1.54) is 4.88 Å². The zero-order chi connectivity index (χ0) is 17.3. The van der Waals surface area contributed by atoms with Crippen LogP contribution in [-0.4, -0.2) is 25.1 Å². The van der Waals surface area contributed by atoms with Crippen molar-refractivity contribution in [3.05, 3.63) is 32.7 Å². The van der Waals surface area contributed by atoms with Crippen molar-refractivity contribution >= 4 is 38.3 Å². The number of nitrogens with one attached hydrogen (secondary N) is 1. The number of methoxy groups -OCH3 is 2. The number of hydrogen-bond acceptors (Lipinski definition) is 5. The number of anilines is 1. The third-order valence-electron chi connectivity index (χ3n) is 4.11. The van der Waals surface area contributed by atoms with E-state index in [9.17, 15) is 4.79 Å². The number of fused-ring (bicyclic) bond motifs is 1. The summed E-state index contributed by atoms with van der Waals surface area (Å²) < 4.78 is 11.3. The molecular formula is C17H19BrN2O3S. The van der Waals surface area contributed by atoms with Gasteiger partial charge in [0.05, 0.1) is 19.9 Å². The second-order valence-electron chi connectivity index (χ2n) is 5.89. The number of benzene rings is 1. The summed E-state index contributed by atoms with van der Waals surface area (Å²) in [4.78, 5) is 18.4. The van der Waals surface area contributed by atoms with E-state index >= 15 is 0 Å². The number of amides is 1. The second-order valence-corrected chi connectivity index (χ2v) is 7.76. The molecule has 3 rings (SSSR count). The van der Waals surface area contributed by atoms with Crippen molar-refractivity contribution in [3.8, 4) is 11.5 Å². The van der Waals surface area contributed by atoms with E-state index < -0.39 is 0 Å². The molecule has 1 aliphatic rings. The lowest BCUT2D eigenvalue weighted by Crippen LogP contribution is -2.12. The Morgan fingerprint density at radius 3 is 2.62 bits per heavy atom. The monoisotopic (exact) mass is 410 g/mol. The minimum Gasteiger partial charge on any atom is -0.495 e. The number of thiazole rings is 1. The second kappa shape index (κ2) is 7.11. The molecule has 0 saturated heterocycles. The van der Waals surface area contributed by atoms with Crippen LogP contribution in [0.15, 0.2) is 16.6 Å². The summed E-state index contributed by atoms with van der Waals surface area (Å²) in [5, 5.41) is 3.55. The Morgan fingerprint density at radius 1 is 1.33 bits per heavy atom. The first-order chi connectivity index (χ1) is 11.5. The Hall–Kier alpha value is -1.60. The third-order valence-corrected chi connectivity index (χ3v) is 5.93. The Bertz CT molecular complexity index is 750. The number of carbonyl (C=O) groups excluding carboxylic acids is 1. The van der Waals surface area contributed by atoms with Gasteiger partial charge in [-0.1, -0.05) is 6.92 Å². The minimum atomic E-state index is -0.224. The van der Waals surface area contributed by atoms with Crippen LogP contribution < -0.4 is 14.8 Å². The highest BCUT2D eigenvalue weighted by Crippen LogP contribution is 2.36. The molecule has 1 aliphatic carbocycles. The number of aryl methyl sites for hydroxylation is 1. The molecule has 0 fully saturated rings. The fourth-order valence-corrected chi connectivity index (χ4v) is 4.48. The van der Waals surface area contributed by atoms with Crippen LogP contribution in [0.3, 0.4) is 0 Å². The summed E-state index contributed by atoms with van der Waals surface area (Å²) in [5.74, 6) is 1.55. The van der Waals surface area contributed by atoms with Gasteiger partial charge >= 0.3 is 0 Å². The van der Waals surface area contributed by atoms with Gasteiger partial charge in [0.1, 0.15) is 16.0 Å². The van der Waals surface area contributed by atoms with Crippen molar-refractivity contribution in [3.63, 3.8) is 0 Å². The van der Waals surface area contributed by atoms with Gasteiger partial charge in [0.15, 0.2) is 5.13 Å². The molecule has 0 bridgehead atoms. The average molecular weight is 411 g/mol. The van der Waals surface area contributed by atoms with Gasteiger partial charge < -0.3 is 9.47 Å². The lowest BCUT2D eigenvalue weighted by atomic mass is 9.93. The van der Waals surface area contributed by atoms with E-state index in [1.54, 1.807) is 37.7 Å².